The third kappa shape index (κ3) is 2.67. The Morgan fingerprint density at radius 3 is 2.35 bits per heavy atom. The molecule has 0 amide bonds. The second kappa shape index (κ2) is 5.32. The fraction of sp³-hybridized carbons (Fsp3) is 0.385. The zero-order chi connectivity index (χ0) is 12.3. The molecule has 0 atom stereocenters. The van der Waals surface area contributed by atoms with Crippen LogP contribution in [-0.2, 0) is 18.8 Å². The van der Waals surface area contributed by atoms with E-state index in [2.05, 4.69) is 52.9 Å². The molecule has 0 saturated carbocycles. The van der Waals surface area contributed by atoms with E-state index in [-0.39, 0.29) is 0 Å². The normalized spacial score (nSPS) is 10.8. The van der Waals surface area contributed by atoms with Gasteiger partial charge in [0.25, 0.3) is 0 Å². The zero-order valence-corrected chi connectivity index (χ0v) is 10.9. The monoisotopic (exact) mass is 249 g/mol. The summed E-state index contributed by atoms with van der Waals surface area (Å²) in [6.45, 7) is 5.03. The molecule has 0 aliphatic carbocycles. The minimum Gasteiger partial charge on any atom is -0.314 e. The minimum absolute atomic E-state index is 0.411. The highest BCUT2D eigenvalue weighted by atomic mass is 35.5. The molecule has 0 N–H and O–H groups in total. The number of hydrogen-bond acceptors (Lipinski definition) is 2. The smallest absolute Gasteiger partial charge is 0.147 e. The first kappa shape index (κ1) is 12.1. The van der Waals surface area contributed by atoms with Crippen LogP contribution in [0.15, 0.2) is 24.3 Å². The number of aryl methyl sites for hydroxylation is 1. The maximum atomic E-state index is 5.82. The van der Waals surface area contributed by atoms with Crippen LogP contribution in [0.4, 0.5) is 0 Å². The summed E-state index contributed by atoms with van der Waals surface area (Å²) in [5.41, 5.74) is 2.52. The Morgan fingerprint density at radius 1 is 1.12 bits per heavy atom. The lowest BCUT2D eigenvalue weighted by Gasteiger charge is -2.06. The molecule has 0 aliphatic rings. The largest absolute Gasteiger partial charge is 0.314 e. The lowest BCUT2D eigenvalue weighted by atomic mass is 10.1. The van der Waals surface area contributed by atoms with Crippen molar-refractivity contribution >= 4 is 11.6 Å². The second-order valence-electron chi connectivity index (χ2n) is 4.07. The molecular weight excluding hydrogens is 234 g/mol. The fourth-order valence-electron chi connectivity index (χ4n) is 1.86. The predicted octanol–water partition coefficient (Wildman–Crippen LogP) is 2.94. The molecule has 0 bridgehead atoms. The molecule has 2 rings (SSSR count). The van der Waals surface area contributed by atoms with Gasteiger partial charge < -0.3 is 4.57 Å². The van der Waals surface area contributed by atoms with E-state index in [0.29, 0.717) is 5.88 Å². The second-order valence-corrected chi connectivity index (χ2v) is 4.34. The van der Waals surface area contributed by atoms with Gasteiger partial charge in [-0.25, -0.2) is 0 Å². The van der Waals surface area contributed by atoms with Gasteiger partial charge in [0, 0.05) is 13.0 Å². The Labute approximate surface area is 106 Å². The molecule has 90 valence electrons. The molecule has 0 unspecified atom stereocenters. The molecule has 0 saturated heterocycles. The molecular formula is C13H16ClN3. The van der Waals surface area contributed by atoms with Crippen LogP contribution in [0.25, 0.3) is 0 Å². The average molecular weight is 250 g/mol. The lowest BCUT2D eigenvalue weighted by molar-refractivity contribution is 0.687. The molecule has 3 nitrogen and oxygen atoms in total. The predicted molar refractivity (Wildman–Crippen MR) is 69.2 cm³/mol. The summed E-state index contributed by atoms with van der Waals surface area (Å²) in [6, 6.07) is 8.49. The molecule has 0 fully saturated rings. The maximum absolute atomic E-state index is 5.82. The topological polar surface area (TPSA) is 30.7 Å². The van der Waals surface area contributed by atoms with Crippen LogP contribution in [0.2, 0.25) is 0 Å². The van der Waals surface area contributed by atoms with Gasteiger partial charge in [0.05, 0.1) is 5.88 Å². The Hall–Kier alpha value is -1.35. The number of nitrogens with zero attached hydrogens (tertiary/aromatic N) is 3. The van der Waals surface area contributed by atoms with Gasteiger partial charge in [-0.2, -0.15) is 0 Å². The van der Waals surface area contributed by atoms with Crippen molar-refractivity contribution in [3.05, 3.63) is 47.0 Å². The van der Waals surface area contributed by atoms with Crippen LogP contribution < -0.4 is 0 Å². The highest BCUT2D eigenvalue weighted by Gasteiger charge is 2.09. The minimum atomic E-state index is 0.411. The first-order chi connectivity index (χ1) is 8.24. The molecule has 1 aromatic carbocycles. The first-order valence-electron chi connectivity index (χ1n) is 5.77. The van der Waals surface area contributed by atoms with Gasteiger partial charge in [-0.3, -0.25) is 0 Å². The van der Waals surface area contributed by atoms with E-state index in [1.54, 1.807) is 0 Å². The van der Waals surface area contributed by atoms with Gasteiger partial charge >= 0.3 is 0 Å². The van der Waals surface area contributed by atoms with Crippen molar-refractivity contribution in [1.82, 2.24) is 14.8 Å². The first-order valence-corrected chi connectivity index (χ1v) is 6.30. The number of aromatic nitrogens is 3. The van der Waals surface area contributed by atoms with Crippen molar-refractivity contribution < 1.29 is 0 Å². The van der Waals surface area contributed by atoms with Crippen LogP contribution in [0.5, 0.6) is 0 Å². The van der Waals surface area contributed by atoms with E-state index < -0.39 is 0 Å². The Morgan fingerprint density at radius 2 is 1.76 bits per heavy atom. The Balaban J connectivity index is 2.23. The molecule has 1 heterocycles. The van der Waals surface area contributed by atoms with Crippen molar-refractivity contribution in [2.45, 2.75) is 32.7 Å². The highest BCUT2D eigenvalue weighted by molar-refractivity contribution is 6.16. The van der Waals surface area contributed by atoms with Crippen molar-refractivity contribution in [1.29, 1.82) is 0 Å². The molecule has 0 spiro atoms. The van der Waals surface area contributed by atoms with Crippen LogP contribution in [0.3, 0.4) is 0 Å². The van der Waals surface area contributed by atoms with E-state index in [0.717, 1.165) is 24.6 Å². The third-order valence-electron chi connectivity index (χ3n) is 2.82. The van der Waals surface area contributed by atoms with Crippen LogP contribution in [0, 0.1) is 6.92 Å². The average Bonchev–Trinajstić information content (AvgIpc) is 2.74. The molecule has 17 heavy (non-hydrogen) atoms. The molecule has 1 aromatic heterocycles. The van der Waals surface area contributed by atoms with E-state index in [1.165, 1.54) is 11.1 Å². The number of alkyl halides is 1. The summed E-state index contributed by atoms with van der Waals surface area (Å²) in [4.78, 5) is 0. The SMILES string of the molecule is CCn1c(CCl)nnc1Cc1ccc(C)cc1. The van der Waals surface area contributed by atoms with Gasteiger partial charge in [-0.15, -0.1) is 21.8 Å². The lowest BCUT2D eigenvalue weighted by Crippen LogP contribution is -2.05. The van der Waals surface area contributed by atoms with Crippen LogP contribution in [-0.4, -0.2) is 14.8 Å². The van der Waals surface area contributed by atoms with Gasteiger partial charge in [-0.1, -0.05) is 29.8 Å². The van der Waals surface area contributed by atoms with Gasteiger partial charge in [-0.05, 0) is 19.4 Å². The third-order valence-corrected chi connectivity index (χ3v) is 3.06. The molecule has 0 radical (unpaired) electrons. The fourth-order valence-corrected chi connectivity index (χ4v) is 2.05. The number of halogens is 1. The summed E-state index contributed by atoms with van der Waals surface area (Å²) in [7, 11) is 0. The quantitative estimate of drug-likeness (QED) is 0.780. The van der Waals surface area contributed by atoms with Crippen molar-refractivity contribution in [3.63, 3.8) is 0 Å². The molecule has 4 heteroatoms. The van der Waals surface area contributed by atoms with Crippen LogP contribution >= 0.6 is 11.6 Å². The molecule has 0 aliphatic heterocycles. The number of hydrogen-bond donors (Lipinski definition) is 0. The summed E-state index contributed by atoms with van der Waals surface area (Å²) in [5, 5.41) is 8.30. The highest BCUT2D eigenvalue weighted by Crippen LogP contribution is 2.11. The standard InChI is InChI=1S/C13H16ClN3/c1-3-17-12(15-16-13(17)9-14)8-11-6-4-10(2)5-7-11/h4-7H,3,8-9H2,1-2H3. The van der Waals surface area contributed by atoms with E-state index in [4.69, 9.17) is 11.6 Å². The maximum Gasteiger partial charge on any atom is 0.147 e. The summed E-state index contributed by atoms with van der Waals surface area (Å²) < 4.78 is 2.08. The van der Waals surface area contributed by atoms with Gasteiger partial charge in [0.2, 0.25) is 0 Å². The van der Waals surface area contributed by atoms with E-state index >= 15 is 0 Å². The summed E-state index contributed by atoms with van der Waals surface area (Å²) >= 11 is 5.82. The Bertz CT molecular complexity index is 488. The van der Waals surface area contributed by atoms with Crippen molar-refractivity contribution in [2.75, 3.05) is 0 Å². The number of rotatable bonds is 4. The zero-order valence-electron chi connectivity index (χ0n) is 10.2. The Kier molecular flexibility index (Phi) is 3.79. The van der Waals surface area contributed by atoms with Crippen molar-refractivity contribution in [2.24, 2.45) is 0 Å². The van der Waals surface area contributed by atoms with Gasteiger partial charge in [0.1, 0.15) is 11.6 Å². The van der Waals surface area contributed by atoms with E-state index in [9.17, 15) is 0 Å². The van der Waals surface area contributed by atoms with Crippen molar-refractivity contribution in [3.8, 4) is 0 Å². The summed E-state index contributed by atoms with van der Waals surface area (Å²) in [6.07, 6.45) is 0.804. The molecule has 2 aromatic rings. The van der Waals surface area contributed by atoms with Gasteiger partial charge in [0.15, 0.2) is 0 Å². The number of benzene rings is 1. The van der Waals surface area contributed by atoms with Crippen LogP contribution in [0.1, 0.15) is 29.7 Å². The summed E-state index contributed by atoms with van der Waals surface area (Å²) in [5.74, 6) is 2.23. The van der Waals surface area contributed by atoms with E-state index in [1.807, 2.05) is 0 Å².